The van der Waals surface area contributed by atoms with E-state index in [9.17, 15) is 10.2 Å². The molecule has 0 spiro atoms. The van der Waals surface area contributed by atoms with Crippen LogP contribution in [0.2, 0.25) is 0 Å². The number of rotatable bonds is 4. The second-order valence-corrected chi connectivity index (χ2v) is 6.92. The van der Waals surface area contributed by atoms with Crippen molar-refractivity contribution < 1.29 is 10.2 Å². The van der Waals surface area contributed by atoms with Gasteiger partial charge in [-0.05, 0) is 36.6 Å². The van der Waals surface area contributed by atoms with Crippen LogP contribution in [0.3, 0.4) is 0 Å². The largest absolute Gasteiger partial charge is 0.508 e. The van der Waals surface area contributed by atoms with Gasteiger partial charge in [0.15, 0.2) is 5.13 Å². The number of hydrogen-bond donors (Lipinski definition) is 4. The van der Waals surface area contributed by atoms with Crippen LogP contribution in [-0.4, -0.2) is 15.2 Å². The van der Waals surface area contributed by atoms with Crippen molar-refractivity contribution in [2.45, 2.75) is 13.0 Å². The zero-order valence-corrected chi connectivity index (χ0v) is 14.3. The molecule has 0 radical (unpaired) electrons. The van der Waals surface area contributed by atoms with Gasteiger partial charge in [0, 0.05) is 10.9 Å². The van der Waals surface area contributed by atoms with E-state index in [0.717, 1.165) is 26.1 Å². The third kappa shape index (κ3) is 2.97. The highest BCUT2D eigenvalue weighted by Gasteiger charge is 2.12. The third-order valence-corrected chi connectivity index (χ3v) is 5.09. The molecule has 0 aliphatic rings. The molecule has 3 aromatic carbocycles. The molecule has 1 unspecified atom stereocenters. The summed E-state index contributed by atoms with van der Waals surface area (Å²) < 4.78 is 1.11. The van der Waals surface area contributed by atoms with Crippen LogP contribution in [0.5, 0.6) is 11.5 Å². The molecule has 0 aliphatic heterocycles. The van der Waals surface area contributed by atoms with Crippen molar-refractivity contribution in [2.24, 2.45) is 0 Å². The summed E-state index contributed by atoms with van der Waals surface area (Å²) in [6.45, 7) is 1.89. The number of phenolic OH excluding ortho intramolecular Hbond substituents is 2. The first-order valence-corrected chi connectivity index (χ1v) is 8.75. The van der Waals surface area contributed by atoms with Gasteiger partial charge in [0.2, 0.25) is 0 Å². The van der Waals surface area contributed by atoms with Gasteiger partial charge < -0.3 is 10.2 Å². The first-order chi connectivity index (χ1) is 12.1. The van der Waals surface area contributed by atoms with Gasteiger partial charge in [-0.3, -0.25) is 5.43 Å². The van der Waals surface area contributed by atoms with Crippen molar-refractivity contribution >= 4 is 37.5 Å². The average molecular weight is 351 g/mol. The average Bonchev–Trinajstić information content (AvgIpc) is 3.05. The van der Waals surface area contributed by atoms with E-state index in [1.54, 1.807) is 17.4 Å². The zero-order chi connectivity index (χ0) is 17.4. The minimum absolute atomic E-state index is 0.118. The quantitative estimate of drug-likeness (QED) is 0.321. The van der Waals surface area contributed by atoms with Crippen LogP contribution in [0.1, 0.15) is 18.5 Å². The Morgan fingerprint density at radius 3 is 2.76 bits per heavy atom. The van der Waals surface area contributed by atoms with Crippen molar-refractivity contribution in [3.63, 3.8) is 0 Å². The maximum absolute atomic E-state index is 9.94. The fourth-order valence-electron chi connectivity index (χ4n) is 2.85. The van der Waals surface area contributed by atoms with E-state index in [0.29, 0.717) is 5.56 Å². The van der Waals surface area contributed by atoms with E-state index in [4.69, 9.17) is 0 Å². The first kappa shape index (κ1) is 15.7. The van der Waals surface area contributed by atoms with Crippen LogP contribution in [0.25, 0.3) is 21.0 Å². The van der Waals surface area contributed by atoms with Gasteiger partial charge in [0.25, 0.3) is 0 Å². The molecule has 0 amide bonds. The molecule has 0 saturated carbocycles. The molecule has 0 bridgehead atoms. The molecule has 0 fully saturated rings. The lowest BCUT2D eigenvalue weighted by Crippen LogP contribution is -2.25. The van der Waals surface area contributed by atoms with E-state index in [1.807, 2.05) is 19.1 Å². The van der Waals surface area contributed by atoms with Crippen LogP contribution in [-0.2, 0) is 0 Å². The Morgan fingerprint density at radius 2 is 1.88 bits per heavy atom. The van der Waals surface area contributed by atoms with Crippen LogP contribution in [0.15, 0.2) is 54.6 Å². The summed E-state index contributed by atoms with van der Waals surface area (Å²) in [6, 6.07) is 16.6. The van der Waals surface area contributed by atoms with Crippen LogP contribution < -0.4 is 10.9 Å². The van der Waals surface area contributed by atoms with Crippen molar-refractivity contribution in [2.75, 3.05) is 5.43 Å². The topological polar surface area (TPSA) is 77.4 Å². The van der Waals surface area contributed by atoms with Crippen LogP contribution in [0, 0.1) is 0 Å². The lowest BCUT2D eigenvalue weighted by molar-refractivity contribution is 0.445. The van der Waals surface area contributed by atoms with Crippen LogP contribution in [0.4, 0.5) is 5.13 Å². The van der Waals surface area contributed by atoms with Gasteiger partial charge >= 0.3 is 0 Å². The fourth-order valence-corrected chi connectivity index (χ4v) is 3.69. The van der Waals surface area contributed by atoms with E-state index >= 15 is 0 Å². The van der Waals surface area contributed by atoms with Gasteiger partial charge in [-0.1, -0.05) is 41.7 Å². The van der Waals surface area contributed by atoms with Crippen molar-refractivity contribution in [1.82, 2.24) is 10.4 Å². The number of benzene rings is 3. The van der Waals surface area contributed by atoms with Crippen molar-refractivity contribution in [3.8, 4) is 11.5 Å². The highest BCUT2D eigenvalue weighted by Crippen LogP contribution is 2.32. The van der Waals surface area contributed by atoms with E-state index < -0.39 is 0 Å². The first-order valence-electron chi connectivity index (χ1n) is 7.93. The Bertz CT molecular complexity index is 1060. The lowest BCUT2D eigenvalue weighted by atomic mass is 10.1. The normalized spacial score (nSPS) is 12.5. The van der Waals surface area contributed by atoms with Gasteiger partial charge in [0.05, 0.1) is 16.3 Å². The van der Waals surface area contributed by atoms with Crippen LogP contribution >= 0.6 is 11.3 Å². The number of hydrazine groups is 1. The standard InChI is InChI=1S/C19H17N3O2S/c1-11(15-10-13(23)7-8-16(15)24)21-22-19-20-18-14-5-3-2-4-12(14)6-9-17(18)25-19/h2-11,21,23-24H,1H3,(H,20,22). The number of fused-ring (bicyclic) bond motifs is 3. The number of nitrogens with one attached hydrogen (secondary N) is 2. The number of aromatic nitrogens is 1. The third-order valence-electron chi connectivity index (χ3n) is 4.16. The summed E-state index contributed by atoms with van der Waals surface area (Å²) in [5, 5.41) is 22.6. The second kappa shape index (κ2) is 6.23. The van der Waals surface area contributed by atoms with Gasteiger partial charge in [-0.2, -0.15) is 0 Å². The number of nitrogens with zero attached hydrogens (tertiary/aromatic N) is 1. The molecule has 1 heterocycles. The predicted octanol–water partition coefficient (Wildman–Crippen LogP) is 4.54. The molecule has 1 atom stereocenters. The summed E-state index contributed by atoms with van der Waals surface area (Å²) >= 11 is 1.56. The highest BCUT2D eigenvalue weighted by molar-refractivity contribution is 7.22. The number of thiazole rings is 1. The van der Waals surface area contributed by atoms with Gasteiger partial charge in [-0.25, -0.2) is 10.4 Å². The molecule has 6 heteroatoms. The highest BCUT2D eigenvalue weighted by atomic mass is 32.1. The molecular formula is C19H17N3O2S. The summed E-state index contributed by atoms with van der Waals surface area (Å²) in [5.41, 5.74) is 7.81. The Morgan fingerprint density at radius 1 is 1.04 bits per heavy atom. The smallest absolute Gasteiger partial charge is 0.198 e. The Hall–Kier alpha value is -2.83. The van der Waals surface area contributed by atoms with Gasteiger partial charge in [0.1, 0.15) is 11.5 Å². The monoisotopic (exact) mass is 351 g/mol. The molecule has 4 N–H and O–H groups in total. The summed E-state index contributed by atoms with van der Waals surface area (Å²) in [4.78, 5) is 4.68. The minimum Gasteiger partial charge on any atom is -0.508 e. The Balaban J connectivity index is 1.58. The zero-order valence-electron chi connectivity index (χ0n) is 13.5. The molecule has 0 aliphatic carbocycles. The fraction of sp³-hybridized carbons (Fsp3) is 0.105. The summed E-state index contributed by atoms with van der Waals surface area (Å²) in [5.74, 6) is 0.253. The Labute approximate surface area is 148 Å². The summed E-state index contributed by atoms with van der Waals surface area (Å²) in [7, 11) is 0. The molecule has 5 nitrogen and oxygen atoms in total. The predicted molar refractivity (Wildman–Crippen MR) is 102 cm³/mol. The van der Waals surface area contributed by atoms with Crippen molar-refractivity contribution in [3.05, 3.63) is 60.2 Å². The molecular weight excluding hydrogens is 334 g/mol. The molecule has 4 rings (SSSR count). The van der Waals surface area contributed by atoms with E-state index in [1.165, 1.54) is 12.1 Å². The SMILES string of the molecule is CC(NNc1nc2c(ccc3ccccc32)s1)c1cc(O)ccc1O. The molecule has 126 valence electrons. The van der Waals surface area contributed by atoms with Crippen molar-refractivity contribution in [1.29, 1.82) is 0 Å². The molecule has 25 heavy (non-hydrogen) atoms. The summed E-state index contributed by atoms with van der Waals surface area (Å²) in [6.07, 6.45) is 0. The maximum Gasteiger partial charge on any atom is 0.198 e. The van der Waals surface area contributed by atoms with E-state index in [2.05, 4.69) is 40.1 Å². The molecule has 4 aromatic rings. The number of hydrogen-bond acceptors (Lipinski definition) is 6. The lowest BCUT2D eigenvalue weighted by Gasteiger charge is -2.16. The Kier molecular flexibility index (Phi) is 3.91. The maximum atomic E-state index is 9.94. The van der Waals surface area contributed by atoms with Gasteiger partial charge in [-0.15, -0.1) is 0 Å². The minimum atomic E-state index is -0.212. The number of aromatic hydroxyl groups is 2. The van der Waals surface area contributed by atoms with E-state index in [-0.39, 0.29) is 17.5 Å². The molecule has 0 saturated heterocycles. The number of phenols is 2. The molecule has 1 aromatic heterocycles. The number of anilines is 1. The second-order valence-electron chi connectivity index (χ2n) is 5.89.